The van der Waals surface area contributed by atoms with Gasteiger partial charge < -0.3 is 10.2 Å². The Morgan fingerprint density at radius 2 is 2.06 bits per heavy atom. The standard InChI is InChI=1S/C14H28N2/c1-2-3-4-10-16-11-6-8-14(13-16)7-5-9-15-12-14/h15H,2-13H2,1H3. The Morgan fingerprint density at radius 1 is 1.19 bits per heavy atom. The topological polar surface area (TPSA) is 15.3 Å². The Kier molecular flexibility index (Phi) is 4.66. The molecule has 0 aliphatic carbocycles. The van der Waals surface area contributed by atoms with Gasteiger partial charge in [-0.25, -0.2) is 0 Å². The molecule has 0 aromatic rings. The molecule has 2 saturated heterocycles. The van der Waals surface area contributed by atoms with E-state index in [0.29, 0.717) is 5.41 Å². The maximum absolute atomic E-state index is 3.61. The molecular weight excluding hydrogens is 196 g/mol. The van der Waals surface area contributed by atoms with Crippen LogP contribution in [0.2, 0.25) is 0 Å². The number of rotatable bonds is 4. The van der Waals surface area contributed by atoms with Gasteiger partial charge in [-0.2, -0.15) is 0 Å². The Bertz CT molecular complexity index is 191. The van der Waals surface area contributed by atoms with Crippen molar-refractivity contribution in [3.63, 3.8) is 0 Å². The Balaban J connectivity index is 1.78. The average Bonchev–Trinajstić information content (AvgIpc) is 2.31. The van der Waals surface area contributed by atoms with Crippen LogP contribution < -0.4 is 5.32 Å². The van der Waals surface area contributed by atoms with E-state index < -0.39 is 0 Å². The highest BCUT2D eigenvalue weighted by Crippen LogP contribution is 2.35. The summed E-state index contributed by atoms with van der Waals surface area (Å²) in [6.45, 7) is 8.88. The van der Waals surface area contributed by atoms with E-state index in [9.17, 15) is 0 Å². The minimum Gasteiger partial charge on any atom is -0.316 e. The van der Waals surface area contributed by atoms with Crippen molar-refractivity contribution in [2.24, 2.45) is 5.41 Å². The molecule has 94 valence electrons. The third-order valence-corrected chi connectivity index (χ3v) is 4.38. The smallest absolute Gasteiger partial charge is 0.00502 e. The highest BCUT2D eigenvalue weighted by molar-refractivity contribution is 4.91. The van der Waals surface area contributed by atoms with Crippen molar-refractivity contribution in [3.8, 4) is 0 Å². The molecule has 0 aromatic carbocycles. The lowest BCUT2D eigenvalue weighted by Crippen LogP contribution is -2.51. The van der Waals surface area contributed by atoms with E-state index in [4.69, 9.17) is 0 Å². The number of nitrogens with zero attached hydrogens (tertiary/aromatic N) is 1. The fraction of sp³-hybridized carbons (Fsp3) is 1.00. The van der Waals surface area contributed by atoms with Crippen LogP contribution in [0.3, 0.4) is 0 Å². The summed E-state index contributed by atoms with van der Waals surface area (Å²) in [5.41, 5.74) is 0.642. The third-order valence-electron chi connectivity index (χ3n) is 4.38. The molecule has 0 bridgehead atoms. The lowest BCUT2D eigenvalue weighted by atomic mass is 9.74. The summed E-state index contributed by atoms with van der Waals surface area (Å²) in [6.07, 6.45) is 9.90. The minimum atomic E-state index is 0.642. The van der Waals surface area contributed by atoms with Gasteiger partial charge in [0.05, 0.1) is 0 Å². The maximum atomic E-state index is 3.61. The van der Waals surface area contributed by atoms with Crippen molar-refractivity contribution >= 4 is 0 Å². The van der Waals surface area contributed by atoms with Gasteiger partial charge in [-0.05, 0) is 57.2 Å². The lowest BCUT2D eigenvalue weighted by molar-refractivity contribution is 0.0637. The second kappa shape index (κ2) is 6.02. The lowest BCUT2D eigenvalue weighted by Gasteiger charge is -2.45. The van der Waals surface area contributed by atoms with E-state index in [2.05, 4.69) is 17.1 Å². The van der Waals surface area contributed by atoms with E-state index in [1.807, 2.05) is 0 Å². The molecule has 2 nitrogen and oxygen atoms in total. The predicted octanol–water partition coefficient (Wildman–Crippen LogP) is 2.64. The fourth-order valence-corrected chi connectivity index (χ4v) is 3.47. The van der Waals surface area contributed by atoms with Gasteiger partial charge in [0.15, 0.2) is 0 Å². The van der Waals surface area contributed by atoms with Gasteiger partial charge in [0.1, 0.15) is 0 Å². The molecule has 2 rings (SSSR count). The van der Waals surface area contributed by atoms with Gasteiger partial charge >= 0.3 is 0 Å². The molecule has 1 N–H and O–H groups in total. The first-order chi connectivity index (χ1) is 7.85. The Hall–Kier alpha value is -0.0800. The van der Waals surface area contributed by atoms with E-state index in [0.717, 1.165) is 0 Å². The molecule has 1 atom stereocenters. The van der Waals surface area contributed by atoms with Gasteiger partial charge in [-0.3, -0.25) is 0 Å². The highest BCUT2D eigenvalue weighted by Gasteiger charge is 2.35. The Morgan fingerprint density at radius 3 is 2.81 bits per heavy atom. The van der Waals surface area contributed by atoms with E-state index >= 15 is 0 Å². The molecular formula is C14H28N2. The van der Waals surface area contributed by atoms with Crippen molar-refractivity contribution in [3.05, 3.63) is 0 Å². The van der Waals surface area contributed by atoms with Crippen LogP contribution in [-0.2, 0) is 0 Å². The van der Waals surface area contributed by atoms with Crippen molar-refractivity contribution in [1.29, 1.82) is 0 Å². The van der Waals surface area contributed by atoms with Crippen molar-refractivity contribution in [2.45, 2.75) is 51.9 Å². The molecule has 0 saturated carbocycles. The molecule has 0 radical (unpaired) electrons. The largest absolute Gasteiger partial charge is 0.316 e. The summed E-state index contributed by atoms with van der Waals surface area (Å²) >= 11 is 0. The molecule has 2 fully saturated rings. The van der Waals surface area contributed by atoms with Gasteiger partial charge in [0.2, 0.25) is 0 Å². The van der Waals surface area contributed by atoms with Gasteiger partial charge in [0.25, 0.3) is 0 Å². The van der Waals surface area contributed by atoms with Crippen molar-refractivity contribution < 1.29 is 0 Å². The third kappa shape index (κ3) is 3.21. The maximum Gasteiger partial charge on any atom is 0.00502 e. The van der Waals surface area contributed by atoms with Crippen LogP contribution in [0.25, 0.3) is 0 Å². The number of unbranched alkanes of at least 4 members (excludes halogenated alkanes) is 2. The van der Waals surface area contributed by atoms with Gasteiger partial charge in [-0.15, -0.1) is 0 Å². The summed E-state index contributed by atoms with van der Waals surface area (Å²) in [5, 5.41) is 3.61. The number of piperidine rings is 2. The monoisotopic (exact) mass is 224 g/mol. The second-order valence-corrected chi connectivity index (χ2v) is 5.87. The quantitative estimate of drug-likeness (QED) is 0.739. The first kappa shape index (κ1) is 12.4. The Labute approximate surface area is 101 Å². The summed E-state index contributed by atoms with van der Waals surface area (Å²) < 4.78 is 0. The van der Waals surface area contributed by atoms with E-state index in [1.54, 1.807) is 0 Å². The van der Waals surface area contributed by atoms with Gasteiger partial charge in [0, 0.05) is 13.1 Å². The van der Waals surface area contributed by atoms with Crippen LogP contribution in [0.4, 0.5) is 0 Å². The van der Waals surface area contributed by atoms with Crippen LogP contribution in [0.15, 0.2) is 0 Å². The molecule has 2 aliphatic heterocycles. The number of likely N-dealkylation sites (tertiary alicyclic amines) is 1. The molecule has 0 aromatic heterocycles. The zero-order valence-corrected chi connectivity index (χ0v) is 10.9. The highest BCUT2D eigenvalue weighted by atomic mass is 15.1. The normalized spacial score (nSPS) is 32.1. The summed E-state index contributed by atoms with van der Waals surface area (Å²) in [7, 11) is 0. The van der Waals surface area contributed by atoms with Crippen LogP contribution >= 0.6 is 0 Å². The minimum absolute atomic E-state index is 0.642. The molecule has 16 heavy (non-hydrogen) atoms. The number of hydrogen-bond donors (Lipinski definition) is 1. The summed E-state index contributed by atoms with van der Waals surface area (Å²) in [4.78, 5) is 2.73. The predicted molar refractivity (Wildman–Crippen MR) is 69.7 cm³/mol. The molecule has 2 heterocycles. The van der Waals surface area contributed by atoms with Gasteiger partial charge in [-0.1, -0.05) is 19.8 Å². The molecule has 2 heteroatoms. The van der Waals surface area contributed by atoms with Crippen LogP contribution in [0, 0.1) is 5.41 Å². The van der Waals surface area contributed by atoms with Crippen molar-refractivity contribution in [2.75, 3.05) is 32.7 Å². The molecule has 1 unspecified atom stereocenters. The summed E-state index contributed by atoms with van der Waals surface area (Å²) in [5.74, 6) is 0. The number of hydrogen-bond acceptors (Lipinski definition) is 2. The van der Waals surface area contributed by atoms with E-state index in [1.165, 1.54) is 77.7 Å². The first-order valence-electron chi connectivity index (χ1n) is 7.28. The zero-order chi connectivity index (χ0) is 11.3. The van der Waals surface area contributed by atoms with Crippen LogP contribution in [-0.4, -0.2) is 37.6 Å². The average molecular weight is 224 g/mol. The molecule has 2 aliphatic rings. The SMILES string of the molecule is CCCCCN1CCCC2(CCCNC2)C1. The summed E-state index contributed by atoms with van der Waals surface area (Å²) in [6, 6.07) is 0. The van der Waals surface area contributed by atoms with Crippen LogP contribution in [0.5, 0.6) is 0 Å². The van der Waals surface area contributed by atoms with Crippen LogP contribution in [0.1, 0.15) is 51.9 Å². The van der Waals surface area contributed by atoms with E-state index in [-0.39, 0.29) is 0 Å². The molecule has 1 spiro atoms. The number of nitrogens with one attached hydrogen (secondary N) is 1. The first-order valence-corrected chi connectivity index (χ1v) is 7.28. The fourth-order valence-electron chi connectivity index (χ4n) is 3.47. The second-order valence-electron chi connectivity index (χ2n) is 5.87. The van der Waals surface area contributed by atoms with Crippen molar-refractivity contribution in [1.82, 2.24) is 10.2 Å². The molecule has 0 amide bonds. The zero-order valence-electron chi connectivity index (χ0n) is 10.9.